The largest absolute Gasteiger partial charge is 0.371 e. The van der Waals surface area contributed by atoms with E-state index in [4.69, 9.17) is 5.73 Å². The van der Waals surface area contributed by atoms with Gasteiger partial charge in [-0.3, -0.25) is 4.79 Å². The highest BCUT2D eigenvalue weighted by Crippen LogP contribution is 2.26. The second-order valence-electron chi connectivity index (χ2n) is 6.36. The summed E-state index contributed by atoms with van der Waals surface area (Å²) in [7, 11) is 0. The Balaban J connectivity index is 0.00000132. The van der Waals surface area contributed by atoms with Gasteiger partial charge in [-0.1, -0.05) is 12.5 Å². The number of benzene rings is 1. The Labute approximate surface area is 151 Å². The van der Waals surface area contributed by atoms with E-state index in [-0.39, 0.29) is 42.7 Å². The third-order valence-electron chi connectivity index (χ3n) is 4.67. The number of hydrogen-bond donors (Lipinski definition) is 2. The Morgan fingerprint density at radius 1 is 1.13 bits per heavy atom. The first-order valence-electron chi connectivity index (χ1n) is 8.14. The molecule has 1 amide bonds. The molecular weight excluding hydrogens is 333 g/mol. The van der Waals surface area contributed by atoms with E-state index >= 15 is 0 Å². The molecule has 2 atom stereocenters. The molecule has 0 radical (unpaired) electrons. The number of nitrogens with zero attached hydrogens (tertiary/aromatic N) is 1. The fraction of sp³-hybridized carbons (Fsp3) is 0.588. The van der Waals surface area contributed by atoms with Crippen LogP contribution in [0.4, 0.5) is 11.4 Å². The number of hydrogen-bond acceptors (Lipinski definition) is 3. The van der Waals surface area contributed by atoms with E-state index < -0.39 is 0 Å². The molecule has 4 nitrogen and oxygen atoms in total. The van der Waals surface area contributed by atoms with Gasteiger partial charge in [0, 0.05) is 36.4 Å². The number of nitrogens with two attached hydrogens (primary N) is 1. The van der Waals surface area contributed by atoms with Crippen molar-refractivity contribution in [2.75, 3.05) is 23.3 Å². The molecule has 2 fully saturated rings. The summed E-state index contributed by atoms with van der Waals surface area (Å²) in [6.45, 7) is 2.24. The summed E-state index contributed by atoms with van der Waals surface area (Å²) in [5.74, 6) is 0.202. The molecular formula is C17H27Cl2N3O. The van der Waals surface area contributed by atoms with Gasteiger partial charge in [-0.25, -0.2) is 0 Å². The number of nitrogens with one attached hydrogen (secondary N) is 1. The fourth-order valence-electron chi connectivity index (χ4n) is 3.47. The third kappa shape index (κ3) is 5.27. The van der Waals surface area contributed by atoms with Crippen LogP contribution in [0.15, 0.2) is 24.3 Å². The Hall–Kier alpha value is -0.970. The lowest BCUT2D eigenvalue weighted by molar-refractivity contribution is -0.120. The molecule has 1 aliphatic carbocycles. The highest BCUT2D eigenvalue weighted by molar-refractivity contribution is 5.93. The second kappa shape index (κ2) is 9.36. The van der Waals surface area contributed by atoms with Crippen LogP contribution in [0, 0.1) is 5.92 Å². The van der Waals surface area contributed by atoms with Crippen molar-refractivity contribution in [3.8, 4) is 0 Å². The van der Waals surface area contributed by atoms with Crippen LogP contribution < -0.4 is 16.0 Å². The van der Waals surface area contributed by atoms with Crippen LogP contribution in [0.2, 0.25) is 0 Å². The van der Waals surface area contributed by atoms with E-state index in [1.807, 2.05) is 12.1 Å². The van der Waals surface area contributed by atoms with Crippen molar-refractivity contribution >= 4 is 42.1 Å². The van der Waals surface area contributed by atoms with Crippen molar-refractivity contribution in [1.82, 2.24) is 0 Å². The number of anilines is 2. The molecule has 2 unspecified atom stereocenters. The summed E-state index contributed by atoms with van der Waals surface area (Å²) >= 11 is 0. The highest BCUT2D eigenvalue weighted by atomic mass is 35.5. The van der Waals surface area contributed by atoms with Crippen molar-refractivity contribution in [1.29, 1.82) is 0 Å². The maximum absolute atomic E-state index is 12.4. The molecule has 23 heavy (non-hydrogen) atoms. The van der Waals surface area contributed by atoms with Crippen molar-refractivity contribution in [3.63, 3.8) is 0 Å². The number of carbonyl (C=O) groups excluding carboxylic acids is 1. The second-order valence-corrected chi connectivity index (χ2v) is 6.36. The minimum absolute atomic E-state index is 0. The molecule has 130 valence electrons. The normalized spacial score (nSPS) is 23.6. The summed E-state index contributed by atoms with van der Waals surface area (Å²) < 4.78 is 0. The summed E-state index contributed by atoms with van der Waals surface area (Å²) in [4.78, 5) is 14.7. The molecule has 3 rings (SSSR count). The van der Waals surface area contributed by atoms with Gasteiger partial charge in [-0.2, -0.15) is 0 Å². The summed E-state index contributed by atoms with van der Waals surface area (Å²) in [6, 6.07) is 8.39. The molecule has 0 bridgehead atoms. The van der Waals surface area contributed by atoms with Crippen molar-refractivity contribution in [3.05, 3.63) is 24.3 Å². The van der Waals surface area contributed by atoms with Crippen LogP contribution in [0.1, 0.15) is 38.5 Å². The molecule has 1 aliphatic heterocycles. The number of halogens is 2. The van der Waals surface area contributed by atoms with Crippen molar-refractivity contribution in [2.45, 2.75) is 44.6 Å². The van der Waals surface area contributed by atoms with E-state index in [9.17, 15) is 4.79 Å². The average molecular weight is 360 g/mol. The van der Waals surface area contributed by atoms with Gasteiger partial charge in [0.25, 0.3) is 0 Å². The highest BCUT2D eigenvalue weighted by Gasteiger charge is 2.25. The van der Waals surface area contributed by atoms with Crippen LogP contribution in [-0.4, -0.2) is 25.0 Å². The maximum Gasteiger partial charge on any atom is 0.227 e. The third-order valence-corrected chi connectivity index (χ3v) is 4.67. The lowest BCUT2D eigenvalue weighted by atomic mass is 9.85. The lowest BCUT2D eigenvalue weighted by Crippen LogP contribution is -2.34. The zero-order chi connectivity index (χ0) is 14.7. The SMILES string of the molecule is Cl.Cl.NC1CCCC(C(=O)Nc2cccc(N3CCCC3)c2)C1. The van der Waals surface area contributed by atoms with Crippen LogP contribution in [0.5, 0.6) is 0 Å². The zero-order valence-electron chi connectivity index (χ0n) is 13.4. The fourth-order valence-corrected chi connectivity index (χ4v) is 3.47. The average Bonchev–Trinajstić information content (AvgIpc) is 3.02. The van der Waals surface area contributed by atoms with Crippen molar-refractivity contribution in [2.24, 2.45) is 11.7 Å². The summed E-state index contributed by atoms with van der Waals surface area (Å²) in [6.07, 6.45) is 6.41. The van der Waals surface area contributed by atoms with Crippen LogP contribution in [0.25, 0.3) is 0 Å². The molecule has 1 aromatic rings. The Kier molecular flexibility index (Phi) is 8.17. The predicted octanol–water partition coefficient (Wildman–Crippen LogP) is 3.59. The van der Waals surface area contributed by atoms with E-state index in [1.54, 1.807) is 0 Å². The molecule has 1 saturated carbocycles. The smallest absolute Gasteiger partial charge is 0.227 e. The molecule has 0 spiro atoms. The number of rotatable bonds is 3. The van der Waals surface area contributed by atoms with E-state index in [1.165, 1.54) is 18.5 Å². The minimum Gasteiger partial charge on any atom is -0.371 e. The summed E-state index contributed by atoms with van der Waals surface area (Å²) in [5.41, 5.74) is 8.10. The van der Waals surface area contributed by atoms with Gasteiger partial charge in [-0.05, 0) is 50.3 Å². The molecule has 1 saturated heterocycles. The van der Waals surface area contributed by atoms with Gasteiger partial charge < -0.3 is 16.0 Å². The van der Waals surface area contributed by atoms with Gasteiger partial charge in [0.15, 0.2) is 0 Å². The van der Waals surface area contributed by atoms with Gasteiger partial charge >= 0.3 is 0 Å². The quantitative estimate of drug-likeness (QED) is 0.866. The van der Waals surface area contributed by atoms with Crippen molar-refractivity contribution < 1.29 is 4.79 Å². The van der Waals surface area contributed by atoms with Gasteiger partial charge in [0.05, 0.1) is 0 Å². The van der Waals surface area contributed by atoms with E-state index in [0.717, 1.165) is 44.5 Å². The van der Waals surface area contributed by atoms with E-state index in [2.05, 4.69) is 22.3 Å². The van der Waals surface area contributed by atoms with Crippen LogP contribution in [-0.2, 0) is 4.79 Å². The van der Waals surface area contributed by atoms with E-state index in [0.29, 0.717) is 0 Å². The Bertz CT molecular complexity index is 506. The lowest BCUT2D eigenvalue weighted by Gasteiger charge is -2.26. The minimum atomic E-state index is 0. The van der Waals surface area contributed by atoms with Gasteiger partial charge in [-0.15, -0.1) is 24.8 Å². The topological polar surface area (TPSA) is 58.4 Å². The monoisotopic (exact) mass is 359 g/mol. The van der Waals surface area contributed by atoms with Crippen LogP contribution in [0.3, 0.4) is 0 Å². The molecule has 3 N–H and O–H groups in total. The molecule has 1 aromatic carbocycles. The maximum atomic E-state index is 12.4. The first-order chi connectivity index (χ1) is 10.2. The molecule has 0 aromatic heterocycles. The predicted molar refractivity (Wildman–Crippen MR) is 101 cm³/mol. The molecule has 6 heteroatoms. The Morgan fingerprint density at radius 3 is 2.57 bits per heavy atom. The van der Waals surface area contributed by atoms with Gasteiger partial charge in [0.1, 0.15) is 0 Å². The first kappa shape index (κ1) is 20.1. The van der Waals surface area contributed by atoms with Gasteiger partial charge in [0.2, 0.25) is 5.91 Å². The molecule has 1 heterocycles. The standard InChI is InChI=1S/C17H25N3O.2ClH/c18-14-6-3-5-13(11-14)17(21)19-15-7-4-8-16(12-15)20-9-1-2-10-20;;/h4,7-8,12-14H,1-3,5-6,9-11,18H2,(H,19,21);2*1H. The number of amides is 1. The first-order valence-corrected chi connectivity index (χ1v) is 8.14. The number of carbonyl (C=O) groups is 1. The van der Waals surface area contributed by atoms with Crippen LogP contribution >= 0.6 is 24.8 Å². The summed E-state index contributed by atoms with van der Waals surface area (Å²) in [5, 5.41) is 3.07. The molecule has 2 aliphatic rings. The Morgan fingerprint density at radius 2 is 1.87 bits per heavy atom. The zero-order valence-corrected chi connectivity index (χ0v) is 15.0.